The molecule has 0 saturated heterocycles. The topological polar surface area (TPSA) is 56.1 Å². The van der Waals surface area contributed by atoms with Gasteiger partial charge in [0.1, 0.15) is 11.6 Å². The predicted molar refractivity (Wildman–Crippen MR) is 89.2 cm³/mol. The molecule has 0 aliphatic rings. The molecule has 0 saturated carbocycles. The lowest BCUT2D eigenvalue weighted by molar-refractivity contribution is 0.102. The van der Waals surface area contributed by atoms with E-state index in [1.165, 1.54) is 0 Å². The number of methoxy groups -OCH3 is 1. The normalized spacial score (nSPS) is 10.3. The van der Waals surface area contributed by atoms with Gasteiger partial charge in [-0.05, 0) is 31.2 Å². The third kappa shape index (κ3) is 3.08. The average molecular weight is 307 g/mol. The van der Waals surface area contributed by atoms with E-state index in [9.17, 15) is 4.79 Å². The Morgan fingerprint density at radius 3 is 2.52 bits per heavy atom. The first-order valence-electron chi connectivity index (χ1n) is 7.25. The standard InChI is InChI=1S/C18H17N3O2/c1-13-12-17(21(20-13)14-8-4-3-5-9-14)19-18(22)15-10-6-7-11-16(15)23-2/h3-12H,1-2H3,(H,19,22). The molecular weight excluding hydrogens is 290 g/mol. The van der Waals surface area contributed by atoms with Crippen molar-refractivity contribution in [2.75, 3.05) is 12.4 Å². The molecule has 1 amide bonds. The maximum Gasteiger partial charge on any atom is 0.260 e. The molecule has 23 heavy (non-hydrogen) atoms. The number of para-hydroxylation sites is 2. The van der Waals surface area contributed by atoms with E-state index >= 15 is 0 Å². The lowest BCUT2D eigenvalue weighted by Crippen LogP contribution is -2.16. The molecule has 0 fully saturated rings. The number of aromatic nitrogens is 2. The molecule has 0 bridgehead atoms. The average Bonchev–Trinajstić information content (AvgIpc) is 2.96. The SMILES string of the molecule is COc1ccccc1C(=O)Nc1cc(C)nn1-c1ccccc1. The van der Waals surface area contributed by atoms with Crippen molar-refractivity contribution < 1.29 is 9.53 Å². The van der Waals surface area contributed by atoms with Gasteiger partial charge in [-0.15, -0.1) is 0 Å². The summed E-state index contributed by atoms with van der Waals surface area (Å²) >= 11 is 0. The Labute approximate surface area is 134 Å². The van der Waals surface area contributed by atoms with Gasteiger partial charge in [0.05, 0.1) is 24.1 Å². The Morgan fingerprint density at radius 1 is 1.09 bits per heavy atom. The fourth-order valence-electron chi connectivity index (χ4n) is 2.37. The second kappa shape index (κ2) is 6.36. The maximum atomic E-state index is 12.6. The summed E-state index contributed by atoms with van der Waals surface area (Å²) < 4.78 is 6.95. The van der Waals surface area contributed by atoms with Crippen molar-refractivity contribution in [3.63, 3.8) is 0 Å². The Morgan fingerprint density at radius 2 is 1.78 bits per heavy atom. The van der Waals surface area contributed by atoms with Gasteiger partial charge in [0.25, 0.3) is 5.91 Å². The number of rotatable bonds is 4. The zero-order valence-corrected chi connectivity index (χ0v) is 13.0. The van der Waals surface area contributed by atoms with Gasteiger partial charge in [-0.3, -0.25) is 4.79 Å². The first kappa shape index (κ1) is 14.8. The smallest absolute Gasteiger partial charge is 0.260 e. The van der Waals surface area contributed by atoms with Crippen LogP contribution in [0.4, 0.5) is 5.82 Å². The van der Waals surface area contributed by atoms with Crippen molar-refractivity contribution in [1.82, 2.24) is 9.78 Å². The van der Waals surface area contributed by atoms with Crippen molar-refractivity contribution in [3.8, 4) is 11.4 Å². The van der Waals surface area contributed by atoms with E-state index in [-0.39, 0.29) is 5.91 Å². The number of amides is 1. The van der Waals surface area contributed by atoms with E-state index in [4.69, 9.17) is 4.74 Å². The number of anilines is 1. The van der Waals surface area contributed by atoms with Crippen LogP contribution in [0.1, 0.15) is 16.1 Å². The molecule has 2 aromatic carbocycles. The molecule has 3 aromatic rings. The number of nitrogens with zero attached hydrogens (tertiary/aromatic N) is 2. The molecule has 0 spiro atoms. The van der Waals surface area contributed by atoms with Gasteiger partial charge in [-0.2, -0.15) is 5.10 Å². The van der Waals surface area contributed by atoms with Gasteiger partial charge in [-0.25, -0.2) is 4.68 Å². The van der Waals surface area contributed by atoms with Crippen LogP contribution in [0.25, 0.3) is 5.69 Å². The minimum atomic E-state index is -0.237. The van der Waals surface area contributed by atoms with Crippen LogP contribution in [0, 0.1) is 6.92 Å². The summed E-state index contributed by atoms with van der Waals surface area (Å²) in [6.07, 6.45) is 0. The van der Waals surface area contributed by atoms with Gasteiger partial charge in [0.2, 0.25) is 0 Å². The van der Waals surface area contributed by atoms with Gasteiger partial charge in [0, 0.05) is 6.07 Å². The first-order chi connectivity index (χ1) is 11.2. The summed E-state index contributed by atoms with van der Waals surface area (Å²) in [5.41, 5.74) is 2.19. The monoisotopic (exact) mass is 307 g/mol. The Balaban J connectivity index is 1.93. The molecule has 0 unspecified atom stereocenters. The largest absolute Gasteiger partial charge is 0.496 e. The number of carbonyl (C=O) groups is 1. The van der Waals surface area contributed by atoms with Crippen LogP contribution in [0.3, 0.4) is 0 Å². The molecule has 116 valence electrons. The molecule has 1 aromatic heterocycles. The maximum absolute atomic E-state index is 12.6. The van der Waals surface area contributed by atoms with Crippen LogP contribution in [-0.2, 0) is 0 Å². The Hall–Kier alpha value is -3.08. The van der Waals surface area contributed by atoms with Crippen LogP contribution >= 0.6 is 0 Å². The zero-order valence-electron chi connectivity index (χ0n) is 13.0. The lowest BCUT2D eigenvalue weighted by atomic mass is 10.2. The van der Waals surface area contributed by atoms with Crippen LogP contribution in [0.5, 0.6) is 5.75 Å². The summed E-state index contributed by atoms with van der Waals surface area (Å²) in [4.78, 5) is 12.6. The number of nitrogens with one attached hydrogen (secondary N) is 1. The molecule has 1 heterocycles. The third-order valence-corrected chi connectivity index (χ3v) is 3.43. The van der Waals surface area contributed by atoms with E-state index in [0.29, 0.717) is 17.1 Å². The molecular formula is C18H17N3O2. The summed E-state index contributed by atoms with van der Waals surface area (Å²) in [5, 5.41) is 7.34. The van der Waals surface area contributed by atoms with E-state index < -0.39 is 0 Å². The minimum Gasteiger partial charge on any atom is -0.496 e. The Kier molecular flexibility index (Phi) is 4.10. The molecule has 5 nitrogen and oxygen atoms in total. The Bertz CT molecular complexity index is 825. The van der Waals surface area contributed by atoms with Gasteiger partial charge >= 0.3 is 0 Å². The fourth-order valence-corrected chi connectivity index (χ4v) is 2.37. The van der Waals surface area contributed by atoms with Gasteiger partial charge in [-0.1, -0.05) is 30.3 Å². The number of aryl methyl sites for hydroxylation is 1. The molecule has 0 radical (unpaired) electrons. The molecule has 0 aliphatic heterocycles. The quantitative estimate of drug-likeness (QED) is 0.803. The molecule has 1 N–H and O–H groups in total. The third-order valence-electron chi connectivity index (χ3n) is 3.43. The second-order valence-corrected chi connectivity index (χ2v) is 5.07. The summed E-state index contributed by atoms with van der Waals surface area (Å²) in [5.74, 6) is 0.914. The molecule has 0 atom stereocenters. The fraction of sp³-hybridized carbons (Fsp3) is 0.111. The highest BCUT2D eigenvalue weighted by molar-refractivity contribution is 6.05. The van der Waals surface area contributed by atoms with Crippen LogP contribution < -0.4 is 10.1 Å². The molecule has 3 rings (SSSR count). The van der Waals surface area contributed by atoms with E-state index in [1.807, 2.05) is 49.4 Å². The highest BCUT2D eigenvalue weighted by Crippen LogP contribution is 2.21. The van der Waals surface area contributed by atoms with Crippen LogP contribution in [-0.4, -0.2) is 22.8 Å². The van der Waals surface area contributed by atoms with Crippen molar-refractivity contribution in [3.05, 3.63) is 71.9 Å². The highest BCUT2D eigenvalue weighted by atomic mass is 16.5. The van der Waals surface area contributed by atoms with Crippen molar-refractivity contribution in [1.29, 1.82) is 0 Å². The molecule has 5 heteroatoms. The van der Waals surface area contributed by atoms with Crippen LogP contribution in [0.15, 0.2) is 60.7 Å². The van der Waals surface area contributed by atoms with Crippen molar-refractivity contribution in [2.45, 2.75) is 6.92 Å². The number of benzene rings is 2. The minimum absolute atomic E-state index is 0.237. The molecule has 0 aliphatic carbocycles. The van der Waals surface area contributed by atoms with E-state index in [2.05, 4.69) is 10.4 Å². The predicted octanol–water partition coefficient (Wildman–Crippen LogP) is 3.44. The first-order valence-corrected chi connectivity index (χ1v) is 7.25. The van der Waals surface area contributed by atoms with E-state index in [0.717, 1.165) is 11.4 Å². The van der Waals surface area contributed by atoms with Crippen LogP contribution in [0.2, 0.25) is 0 Å². The lowest BCUT2D eigenvalue weighted by Gasteiger charge is -2.11. The van der Waals surface area contributed by atoms with Gasteiger partial charge in [0.15, 0.2) is 0 Å². The van der Waals surface area contributed by atoms with E-state index in [1.54, 1.807) is 30.0 Å². The second-order valence-electron chi connectivity index (χ2n) is 5.07. The number of carbonyl (C=O) groups excluding carboxylic acids is 1. The number of hydrogen-bond donors (Lipinski definition) is 1. The van der Waals surface area contributed by atoms with Crippen molar-refractivity contribution in [2.24, 2.45) is 0 Å². The number of hydrogen-bond acceptors (Lipinski definition) is 3. The van der Waals surface area contributed by atoms with Crippen molar-refractivity contribution >= 4 is 11.7 Å². The number of ether oxygens (including phenoxy) is 1. The van der Waals surface area contributed by atoms with Gasteiger partial charge < -0.3 is 10.1 Å². The summed E-state index contributed by atoms with van der Waals surface area (Å²) in [6.45, 7) is 1.89. The summed E-state index contributed by atoms with van der Waals surface area (Å²) in [7, 11) is 1.55. The zero-order chi connectivity index (χ0) is 16.2. The highest BCUT2D eigenvalue weighted by Gasteiger charge is 2.15. The summed E-state index contributed by atoms with van der Waals surface area (Å²) in [6, 6.07) is 18.6.